The highest BCUT2D eigenvalue weighted by molar-refractivity contribution is 5.79. The number of nitrogens with one attached hydrogen (secondary N) is 2. The highest BCUT2D eigenvalue weighted by Crippen LogP contribution is 2.15. The van der Waals surface area contributed by atoms with Crippen LogP contribution in [0.4, 0.5) is 0 Å². The fraction of sp³-hybridized carbons (Fsp3) is 0.611. The van der Waals surface area contributed by atoms with E-state index in [2.05, 4.69) is 37.6 Å². The van der Waals surface area contributed by atoms with Crippen molar-refractivity contribution in [3.05, 3.63) is 30.2 Å². The van der Waals surface area contributed by atoms with Crippen LogP contribution < -0.4 is 10.6 Å². The molecule has 2 N–H and O–H groups in total. The largest absolute Gasteiger partial charge is 0.356 e. The number of aromatic nitrogens is 3. The van der Waals surface area contributed by atoms with Crippen LogP contribution in [0.1, 0.15) is 32.0 Å². The standard InChI is InChI=1S/C18H29N7/c1-15-7-5-10-24(14-15)11-6-9-20-18(19-2)21-13-17-23-22-16-8-3-4-12-25(16)17/h3-4,8,12,15H,5-7,9-11,13-14H2,1-2H3,(H2,19,20,21). The zero-order valence-electron chi connectivity index (χ0n) is 15.3. The first-order valence-corrected chi connectivity index (χ1v) is 9.22. The third-order valence-electron chi connectivity index (χ3n) is 4.71. The molecule has 0 aromatic carbocycles. The molecule has 7 nitrogen and oxygen atoms in total. The van der Waals surface area contributed by atoms with Crippen LogP contribution in [0.3, 0.4) is 0 Å². The Labute approximate surface area is 149 Å². The van der Waals surface area contributed by atoms with Gasteiger partial charge in [-0.25, -0.2) is 0 Å². The van der Waals surface area contributed by atoms with E-state index in [9.17, 15) is 0 Å². The average Bonchev–Trinajstić information content (AvgIpc) is 3.04. The smallest absolute Gasteiger partial charge is 0.191 e. The molecule has 0 radical (unpaired) electrons. The van der Waals surface area contributed by atoms with Gasteiger partial charge in [-0.05, 0) is 50.4 Å². The Morgan fingerprint density at radius 2 is 2.24 bits per heavy atom. The van der Waals surface area contributed by atoms with Crippen LogP contribution in [-0.2, 0) is 6.54 Å². The summed E-state index contributed by atoms with van der Waals surface area (Å²) >= 11 is 0. The number of aliphatic imine (C=N–C) groups is 1. The summed E-state index contributed by atoms with van der Waals surface area (Å²) in [4.78, 5) is 6.87. The van der Waals surface area contributed by atoms with Gasteiger partial charge in [0.1, 0.15) is 0 Å². The van der Waals surface area contributed by atoms with E-state index in [4.69, 9.17) is 0 Å². The Kier molecular flexibility index (Phi) is 6.22. The topological polar surface area (TPSA) is 69.8 Å². The fourth-order valence-electron chi connectivity index (χ4n) is 3.39. The number of rotatable bonds is 6. The van der Waals surface area contributed by atoms with Crippen LogP contribution in [0.25, 0.3) is 5.65 Å². The molecular formula is C18H29N7. The molecule has 0 spiro atoms. The van der Waals surface area contributed by atoms with Crippen LogP contribution >= 0.6 is 0 Å². The Balaban J connectivity index is 1.39. The first-order valence-electron chi connectivity index (χ1n) is 9.22. The molecule has 1 aliphatic heterocycles. The van der Waals surface area contributed by atoms with Crippen molar-refractivity contribution in [3.63, 3.8) is 0 Å². The Hall–Kier alpha value is -2.15. The normalized spacial score (nSPS) is 19.3. The molecule has 25 heavy (non-hydrogen) atoms. The lowest BCUT2D eigenvalue weighted by molar-refractivity contribution is 0.182. The first kappa shape index (κ1) is 17.7. The van der Waals surface area contributed by atoms with Crippen molar-refractivity contribution in [2.24, 2.45) is 10.9 Å². The predicted octanol–water partition coefficient (Wildman–Crippen LogP) is 1.52. The zero-order valence-corrected chi connectivity index (χ0v) is 15.3. The quantitative estimate of drug-likeness (QED) is 0.473. The van der Waals surface area contributed by atoms with E-state index in [1.165, 1.54) is 25.9 Å². The molecule has 0 aliphatic carbocycles. The predicted molar refractivity (Wildman–Crippen MR) is 101 cm³/mol. The zero-order chi connectivity index (χ0) is 17.5. The molecule has 1 atom stereocenters. The van der Waals surface area contributed by atoms with E-state index in [0.29, 0.717) is 6.54 Å². The van der Waals surface area contributed by atoms with E-state index >= 15 is 0 Å². The third-order valence-corrected chi connectivity index (χ3v) is 4.71. The maximum atomic E-state index is 4.29. The molecular weight excluding hydrogens is 314 g/mol. The summed E-state index contributed by atoms with van der Waals surface area (Å²) in [6.45, 7) is 7.51. The van der Waals surface area contributed by atoms with Crippen molar-refractivity contribution in [2.75, 3.05) is 33.2 Å². The van der Waals surface area contributed by atoms with Crippen LogP contribution in [0.5, 0.6) is 0 Å². The summed E-state index contributed by atoms with van der Waals surface area (Å²) < 4.78 is 1.98. The Morgan fingerprint density at radius 3 is 3.08 bits per heavy atom. The van der Waals surface area contributed by atoms with Crippen LogP contribution in [0, 0.1) is 5.92 Å². The van der Waals surface area contributed by atoms with Crippen LogP contribution in [0.2, 0.25) is 0 Å². The molecule has 1 fully saturated rings. The lowest BCUT2D eigenvalue weighted by Gasteiger charge is -2.30. The minimum atomic E-state index is 0.592. The number of hydrogen-bond donors (Lipinski definition) is 2. The minimum Gasteiger partial charge on any atom is -0.356 e. The monoisotopic (exact) mass is 343 g/mol. The molecule has 3 heterocycles. The van der Waals surface area contributed by atoms with E-state index in [1.807, 2.05) is 28.8 Å². The molecule has 0 amide bonds. The lowest BCUT2D eigenvalue weighted by Crippen LogP contribution is -2.40. The molecule has 0 saturated carbocycles. The van der Waals surface area contributed by atoms with Gasteiger partial charge < -0.3 is 15.5 Å². The maximum Gasteiger partial charge on any atom is 0.191 e. The van der Waals surface area contributed by atoms with Crippen molar-refractivity contribution in [2.45, 2.75) is 32.7 Å². The van der Waals surface area contributed by atoms with Gasteiger partial charge in [0.2, 0.25) is 0 Å². The van der Waals surface area contributed by atoms with Gasteiger partial charge >= 0.3 is 0 Å². The van der Waals surface area contributed by atoms with Gasteiger partial charge in [0, 0.05) is 26.3 Å². The molecule has 7 heteroatoms. The van der Waals surface area contributed by atoms with Gasteiger partial charge in [-0.2, -0.15) is 0 Å². The second kappa shape index (κ2) is 8.80. The van der Waals surface area contributed by atoms with Crippen molar-refractivity contribution < 1.29 is 0 Å². The van der Waals surface area contributed by atoms with Crippen molar-refractivity contribution in [1.29, 1.82) is 0 Å². The first-order chi connectivity index (χ1) is 12.3. The van der Waals surface area contributed by atoms with Crippen molar-refractivity contribution >= 4 is 11.6 Å². The Morgan fingerprint density at radius 1 is 1.32 bits per heavy atom. The molecule has 136 valence electrons. The van der Waals surface area contributed by atoms with Gasteiger partial charge in [0.15, 0.2) is 17.4 Å². The summed E-state index contributed by atoms with van der Waals surface area (Å²) in [5.74, 6) is 2.52. The summed E-state index contributed by atoms with van der Waals surface area (Å²) in [6, 6.07) is 5.89. The van der Waals surface area contributed by atoms with Crippen molar-refractivity contribution in [1.82, 2.24) is 30.1 Å². The molecule has 2 aromatic heterocycles. The van der Waals surface area contributed by atoms with Crippen molar-refractivity contribution in [3.8, 4) is 0 Å². The molecule has 1 saturated heterocycles. The minimum absolute atomic E-state index is 0.592. The number of likely N-dealkylation sites (tertiary alicyclic amines) is 1. The molecule has 2 aromatic rings. The summed E-state index contributed by atoms with van der Waals surface area (Å²) in [6.07, 6.45) is 5.82. The van der Waals surface area contributed by atoms with Gasteiger partial charge in [0.25, 0.3) is 0 Å². The van der Waals surface area contributed by atoms with Crippen LogP contribution in [0.15, 0.2) is 29.4 Å². The van der Waals surface area contributed by atoms with Gasteiger partial charge in [-0.1, -0.05) is 13.0 Å². The highest BCUT2D eigenvalue weighted by Gasteiger charge is 2.15. The molecule has 3 rings (SSSR count). The SMILES string of the molecule is CN=C(NCCCN1CCCC(C)C1)NCc1nnc2ccccn12. The van der Waals surface area contributed by atoms with E-state index in [1.54, 1.807) is 7.05 Å². The molecule has 1 unspecified atom stereocenters. The fourth-order valence-corrected chi connectivity index (χ4v) is 3.39. The number of guanidine groups is 1. The van der Waals surface area contributed by atoms with Gasteiger partial charge in [-0.3, -0.25) is 9.39 Å². The van der Waals surface area contributed by atoms with E-state index < -0.39 is 0 Å². The second-order valence-corrected chi connectivity index (χ2v) is 6.80. The van der Waals surface area contributed by atoms with Crippen LogP contribution in [-0.4, -0.2) is 58.7 Å². The second-order valence-electron chi connectivity index (χ2n) is 6.80. The number of piperidine rings is 1. The number of pyridine rings is 1. The van der Waals surface area contributed by atoms with Gasteiger partial charge in [0.05, 0.1) is 6.54 Å². The number of fused-ring (bicyclic) bond motifs is 1. The van der Waals surface area contributed by atoms with E-state index in [0.717, 1.165) is 42.9 Å². The van der Waals surface area contributed by atoms with Gasteiger partial charge in [-0.15, -0.1) is 10.2 Å². The maximum absolute atomic E-state index is 4.29. The number of nitrogens with zero attached hydrogens (tertiary/aromatic N) is 5. The highest BCUT2D eigenvalue weighted by atomic mass is 15.3. The molecule has 1 aliphatic rings. The summed E-state index contributed by atoms with van der Waals surface area (Å²) in [5, 5.41) is 15.1. The summed E-state index contributed by atoms with van der Waals surface area (Å²) in [5.41, 5.74) is 0.859. The third kappa shape index (κ3) is 4.92. The number of hydrogen-bond acceptors (Lipinski definition) is 4. The molecule has 0 bridgehead atoms. The summed E-state index contributed by atoms with van der Waals surface area (Å²) in [7, 11) is 1.80. The van der Waals surface area contributed by atoms with E-state index in [-0.39, 0.29) is 0 Å². The Bertz CT molecular complexity index is 694. The lowest BCUT2D eigenvalue weighted by atomic mass is 10.0. The average molecular weight is 343 g/mol.